The van der Waals surface area contributed by atoms with Gasteiger partial charge in [0.25, 0.3) is 5.89 Å². The van der Waals surface area contributed by atoms with E-state index in [9.17, 15) is 0 Å². The Hall–Kier alpha value is -3.60. The molecule has 132 valence electrons. The Balaban J connectivity index is 1.69. The average molecular weight is 355 g/mol. The van der Waals surface area contributed by atoms with Gasteiger partial charge in [-0.1, -0.05) is 42.5 Å². The van der Waals surface area contributed by atoms with Crippen LogP contribution in [0, 0.1) is 0 Å². The highest BCUT2D eigenvalue weighted by molar-refractivity contribution is 5.82. The number of aromatic nitrogens is 3. The van der Waals surface area contributed by atoms with Gasteiger partial charge in [0.15, 0.2) is 11.4 Å². The van der Waals surface area contributed by atoms with E-state index in [2.05, 4.69) is 27.8 Å². The first-order valence-electron chi connectivity index (χ1n) is 8.76. The molecule has 0 amide bonds. The van der Waals surface area contributed by atoms with Crippen LogP contribution in [0.25, 0.3) is 33.8 Å². The number of hydrogen-bond acceptors (Lipinski definition) is 4. The van der Waals surface area contributed by atoms with Gasteiger partial charge in [0, 0.05) is 12.6 Å². The maximum absolute atomic E-state index is 6.03. The fraction of sp³-hybridized carbons (Fsp3) is 0.0909. The van der Waals surface area contributed by atoms with Crippen LogP contribution in [0.2, 0.25) is 0 Å². The van der Waals surface area contributed by atoms with E-state index in [0.717, 1.165) is 28.1 Å². The van der Waals surface area contributed by atoms with E-state index in [1.807, 2.05) is 54.6 Å². The summed E-state index contributed by atoms with van der Waals surface area (Å²) in [6.07, 6.45) is 0. The number of oxazole rings is 1. The van der Waals surface area contributed by atoms with Crippen LogP contribution < -0.4 is 4.74 Å². The topological polar surface area (TPSA) is 53.1 Å². The van der Waals surface area contributed by atoms with E-state index in [1.54, 1.807) is 7.11 Å². The summed E-state index contributed by atoms with van der Waals surface area (Å²) in [4.78, 5) is 9.44. The molecule has 0 aliphatic carbocycles. The van der Waals surface area contributed by atoms with Crippen molar-refractivity contribution >= 4 is 22.1 Å². The van der Waals surface area contributed by atoms with E-state index in [4.69, 9.17) is 14.1 Å². The average Bonchev–Trinajstić information content (AvgIpc) is 3.29. The molecule has 2 heterocycles. The van der Waals surface area contributed by atoms with Crippen LogP contribution >= 0.6 is 0 Å². The zero-order chi connectivity index (χ0) is 18.2. The smallest absolute Gasteiger partial charge is 0.264 e. The molecule has 5 nitrogen and oxygen atoms in total. The summed E-state index contributed by atoms with van der Waals surface area (Å²) in [7, 11) is 1.64. The van der Waals surface area contributed by atoms with Crippen LogP contribution in [0.15, 0.2) is 77.2 Å². The molecule has 0 N–H and O–H groups in total. The van der Waals surface area contributed by atoms with Crippen molar-refractivity contribution in [2.45, 2.75) is 6.54 Å². The van der Waals surface area contributed by atoms with Gasteiger partial charge >= 0.3 is 0 Å². The van der Waals surface area contributed by atoms with Crippen molar-refractivity contribution in [2.24, 2.45) is 0 Å². The zero-order valence-corrected chi connectivity index (χ0v) is 14.8. The number of fused-ring (bicyclic) bond motifs is 2. The third-order valence-electron chi connectivity index (χ3n) is 4.62. The second kappa shape index (κ2) is 6.29. The SMILES string of the molecule is COc1ccc2nc(-c3nc4ccccc4n3Cc3ccccc3)oc2c1. The van der Waals surface area contributed by atoms with Crippen LogP contribution in [-0.2, 0) is 6.54 Å². The molecule has 2 aromatic heterocycles. The van der Waals surface area contributed by atoms with Gasteiger partial charge in [-0.25, -0.2) is 9.97 Å². The van der Waals surface area contributed by atoms with Gasteiger partial charge in [0.1, 0.15) is 11.3 Å². The van der Waals surface area contributed by atoms with Crippen LogP contribution in [0.1, 0.15) is 5.56 Å². The monoisotopic (exact) mass is 355 g/mol. The third kappa shape index (κ3) is 2.73. The molecule has 0 saturated carbocycles. The largest absolute Gasteiger partial charge is 0.497 e. The highest BCUT2D eigenvalue weighted by Gasteiger charge is 2.18. The molecule has 0 unspecified atom stereocenters. The van der Waals surface area contributed by atoms with Gasteiger partial charge in [0.05, 0.1) is 18.1 Å². The fourth-order valence-corrected chi connectivity index (χ4v) is 3.29. The van der Waals surface area contributed by atoms with Crippen molar-refractivity contribution in [1.82, 2.24) is 14.5 Å². The molecule has 5 heteroatoms. The summed E-state index contributed by atoms with van der Waals surface area (Å²) in [6.45, 7) is 0.693. The first kappa shape index (κ1) is 15.6. The Bertz CT molecular complexity index is 1240. The molecule has 0 aliphatic rings. The van der Waals surface area contributed by atoms with Crippen molar-refractivity contribution in [3.63, 3.8) is 0 Å². The minimum Gasteiger partial charge on any atom is -0.497 e. The fourth-order valence-electron chi connectivity index (χ4n) is 3.29. The van der Waals surface area contributed by atoms with Crippen LogP contribution in [0.3, 0.4) is 0 Å². The van der Waals surface area contributed by atoms with Gasteiger partial charge in [-0.2, -0.15) is 0 Å². The molecule has 27 heavy (non-hydrogen) atoms. The normalized spacial score (nSPS) is 11.3. The number of methoxy groups -OCH3 is 1. The van der Waals surface area contributed by atoms with Crippen molar-refractivity contribution in [2.75, 3.05) is 7.11 Å². The molecule has 0 radical (unpaired) electrons. The third-order valence-corrected chi connectivity index (χ3v) is 4.62. The maximum atomic E-state index is 6.03. The van der Waals surface area contributed by atoms with Gasteiger partial charge < -0.3 is 13.7 Å². The first-order chi connectivity index (χ1) is 13.3. The number of para-hydroxylation sites is 2. The summed E-state index contributed by atoms with van der Waals surface area (Å²) >= 11 is 0. The molecule has 0 bridgehead atoms. The van der Waals surface area contributed by atoms with E-state index >= 15 is 0 Å². The van der Waals surface area contributed by atoms with Crippen molar-refractivity contribution in [3.05, 3.63) is 78.4 Å². The summed E-state index contributed by atoms with van der Waals surface area (Å²) in [6, 6.07) is 24.0. The molecule has 0 spiro atoms. The minimum atomic E-state index is 0.505. The number of ether oxygens (including phenoxy) is 1. The van der Waals surface area contributed by atoms with Crippen LogP contribution in [0.5, 0.6) is 5.75 Å². The standard InChI is InChI=1S/C22H17N3O2/c1-26-16-11-12-18-20(13-16)27-22(24-18)21-23-17-9-5-6-10-19(17)25(21)14-15-7-3-2-4-8-15/h2-13H,14H2,1H3. The second-order valence-electron chi connectivity index (χ2n) is 6.35. The number of nitrogens with zero attached hydrogens (tertiary/aromatic N) is 3. The minimum absolute atomic E-state index is 0.505. The van der Waals surface area contributed by atoms with E-state index < -0.39 is 0 Å². The molecular formula is C22H17N3O2. The highest BCUT2D eigenvalue weighted by Crippen LogP contribution is 2.29. The van der Waals surface area contributed by atoms with Gasteiger partial charge in [-0.05, 0) is 29.8 Å². The summed E-state index contributed by atoms with van der Waals surface area (Å²) in [5.74, 6) is 1.96. The summed E-state index contributed by atoms with van der Waals surface area (Å²) in [5, 5.41) is 0. The highest BCUT2D eigenvalue weighted by atomic mass is 16.5. The van der Waals surface area contributed by atoms with E-state index in [-0.39, 0.29) is 0 Å². The first-order valence-corrected chi connectivity index (χ1v) is 8.76. The predicted octanol–water partition coefficient (Wildman–Crippen LogP) is 4.90. The number of imidazole rings is 1. The molecule has 0 atom stereocenters. The van der Waals surface area contributed by atoms with Crippen molar-refractivity contribution in [3.8, 4) is 17.5 Å². The Morgan fingerprint density at radius 3 is 2.56 bits per heavy atom. The van der Waals surface area contributed by atoms with Gasteiger partial charge in [-0.15, -0.1) is 0 Å². The zero-order valence-electron chi connectivity index (χ0n) is 14.8. The lowest BCUT2D eigenvalue weighted by molar-refractivity contribution is 0.414. The molecule has 0 aliphatic heterocycles. The Morgan fingerprint density at radius 1 is 0.889 bits per heavy atom. The summed E-state index contributed by atoms with van der Waals surface area (Å²) < 4.78 is 13.5. The lowest BCUT2D eigenvalue weighted by Gasteiger charge is -2.07. The van der Waals surface area contributed by atoms with E-state index in [0.29, 0.717) is 18.0 Å². The number of benzene rings is 3. The molecule has 5 rings (SSSR count). The number of hydrogen-bond donors (Lipinski definition) is 0. The second-order valence-corrected chi connectivity index (χ2v) is 6.35. The van der Waals surface area contributed by atoms with Crippen molar-refractivity contribution in [1.29, 1.82) is 0 Å². The Morgan fingerprint density at radius 2 is 1.70 bits per heavy atom. The molecule has 5 aromatic rings. The Kier molecular flexibility index (Phi) is 3.64. The quantitative estimate of drug-likeness (QED) is 0.460. The molecule has 0 saturated heterocycles. The van der Waals surface area contributed by atoms with E-state index in [1.165, 1.54) is 5.56 Å². The molecule has 3 aromatic carbocycles. The van der Waals surface area contributed by atoms with Crippen molar-refractivity contribution < 1.29 is 9.15 Å². The van der Waals surface area contributed by atoms with Crippen LogP contribution in [0.4, 0.5) is 0 Å². The molecule has 0 fully saturated rings. The van der Waals surface area contributed by atoms with Gasteiger partial charge in [-0.3, -0.25) is 0 Å². The van der Waals surface area contributed by atoms with Crippen LogP contribution in [-0.4, -0.2) is 21.6 Å². The maximum Gasteiger partial charge on any atom is 0.264 e. The lowest BCUT2D eigenvalue weighted by Crippen LogP contribution is -2.02. The number of rotatable bonds is 4. The molecular weight excluding hydrogens is 338 g/mol. The summed E-state index contributed by atoms with van der Waals surface area (Å²) in [5.41, 5.74) is 4.63. The lowest BCUT2D eigenvalue weighted by atomic mass is 10.2. The van der Waals surface area contributed by atoms with Gasteiger partial charge in [0.2, 0.25) is 0 Å². The Labute approximate surface area is 155 Å². The predicted molar refractivity (Wildman–Crippen MR) is 105 cm³/mol.